The number of hydrogen-bond donors (Lipinski definition) is 1. The first-order valence-electron chi connectivity index (χ1n) is 8.16. The van der Waals surface area contributed by atoms with Crippen molar-refractivity contribution in [1.29, 1.82) is 0 Å². The Morgan fingerprint density at radius 3 is 2.60 bits per heavy atom. The van der Waals surface area contributed by atoms with Crippen LogP contribution in [0.25, 0.3) is 0 Å². The minimum atomic E-state index is -2.92. The van der Waals surface area contributed by atoms with Crippen LogP contribution in [-0.4, -0.2) is 45.2 Å². The van der Waals surface area contributed by atoms with E-state index in [1.54, 1.807) is 0 Å². The first kappa shape index (κ1) is 16.2. The minimum Gasteiger partial charge on any atom is -0.381 e. The molecule has 1 N–H and O–H groups in total. The number of sulfone groups is 1. The van der Waals surface area contributed by atoms with E-state index in [2.05, 4.69) is 12.2 Å². The molecule has 1 heterocycles. The average Bonchev–Trinajstić information content (AvgIpc) is 2.91. The van der Waals surface area contributed by atoms with Crippen molar-refractivity contribution in [3.05, 3.63) is 0 Å². The third kappa shape index (κ3) is 4.43. The van der Waals surface area contributed by atoms with Gasteiger partial charge in [0.25, 0.3) is 0 Å². The van der Waals surface area contributed by atoms with Crippen molar-refractivity contribution in [2.24, 2.45) is 5.92 Å². The van der Waals surface area contributed by atoms with Gasteiger partial charge >= 0.3 is 0 Å². The largest absolute Gasteiger partial charge is 0.381 e. The van der Waals surface area contributed by atoms with Crippen LogP contribution in [0.15, 0.2) is 0 Å². The molecule has 0 radical (unpaired) electrons. The van der Waals surface area contributed by atoms with Crippen molar-refractivity contribution < 1.29 is 13.2 Å². The molecular weight excluding hydrogens is 274 g/mol. The second kappa shape index (κ2) is 7.76. The molecule has 2 aliphatic rings. The first-order chi connectivity index (χ1) is 9.63. The van der Waals surface area contributed by atoms with E-state index in [1.807, 2.05) is 0 Å². The standard InChI is InChI=1S/C15H29NO3S/c1-2-9-16-15-5-3-4-13(15)8-12-20(17,18)14-6-10-19-11-7-14/h13-16H,2-12H2,1H3. The molecule has 0 amide bonds. The summed E-state index contributed by atoms with van der Waals surface area (Å²) in [4.78, 5) is 0. The zero-order valence-corrected chi connectivity index (χ0v) is 13.5. The molecule has 0 bridgehead atoms. The fourth-order valence-corrected chi connectivity index (χ4v) is 5.37. The maximum atomic E-state index is 12.4. The third-order valence-electron chi connectivity index (χ3n) is 4.76. The molecule has 0 aromatic carbocycles. The summed E-state index contributed by atoms with van der Waals surface area (Å²) in [6.45, 7) is 4.43. The van der Waals surface area contributed by atoms with E-state index in [4.69, 9.17) is 4.74 Å². The highest BCUT2D eigenvalue weighted by atomic mass is 32.2. The molecule has 20 heavy (non-hydrogen) atoms. The molecule has 1 saturated carbocycles. The highest BCUT2D eigenvalue weighted by Crippen LogP contribution is 2.30. The Kier molecular flexibility index (Phi) is 6.30. The molecule has 0 spiro atoms. The minimum absolute atomic E-state index is 0.153. The lowest BCUT2D eigenvalue weighted by atomic mass is 10.0. The van der Waals surface area contributed by atoms with Crippen LogP contribution in [0.4, 0.5) is 0 Å². The quantitative estimate of drug-likeness (QED) is 0.783. The van der Waals surface area contributed by atoms with Gasteiger partial charge in [-0.05, 0) is 51.0 Å². The monoisotopic (exact) mass is 303 g/mol. The molecule has 2 unspecified atom stereocenters. The maximum absolute atomic E-state index is 12.4. The SMILES string of the molecule is CCCNC1CCCC1CCS(=O)(=O)C1CCOCC1. The summed E-state index contributed by atoms with van der Waals surface area (Å²) < 4.78 is 30.0. The van der Waals surface area contributed by atoms with E-state index >= 15 is 0 Å². The van der Waals surface area contributed by atoms with Crippen LogP contribution < -0.4 is 5.32 Å². The smallest absolute Gasteiger partial charge is 0.153 e. The second-order valence-corrected chi connectivity index (χ2v) is 8.62. The van der Waals surface area contributed by atoms with Crippen molar-refractivity contribution in [2.45, 2.75) is 63.2 Å². The van der Waals surface area contributed by atoms with Crippen molar-refractivity contribution in [2.75, 3.05) is 25.5 Å². The Morgan fingerprint density at radius 2 is 1.90 bits per heavy atom. The van der Waals surface area contributed by atoms with Crippen molar-refractivity contribution in [3.63, 3.8) is 0 Å². The van der Waals surface area contributed by atoms with Crippen LogP contribution in [0.3, 0.4) is 0 Å². The molecule has 4 nitrogen and oxygen atoms in total. The average molecular weight is 303 g/mol. The topological polar surface area (TPSA) is 55.4 Å². The summed E-state index contributed by atoms with van der Waals surface area (Å²) in [5.74, 6) is 0.920. The Bertz CT molecular complexity index is 377. The van der Waals surface area contributed by atoms with Crippen LogP contribution in [0.1, 0.15) is 51.9 Å². The van der Waals surface area contributed by atoms with Crippen LogP contribution >= 0.6 is 0 Å². The van der Waals surface area contributed by atoms with E-state index in [0.717, 1.165) is 19.4 Å². The summed E-state index contributed by atoms with van der Waals surface area (Å²) in [5.41, 5.74) is 0. The van der Waals surface area contributed by atoms with Gasteiger partial charge in [-0.25, -0.2) is 8.42 Å². The molecular formula is C15H29NO3S. The van der Waals surface area contributed by atoms with Crippen molar-refractivity contribution in [3.8, 4) is 0 Å². The second-order valence-electron chi connectivity index (χ2n) is 6.22. The molecule has 2 fully saturated rings. The highest BCUT2D eigenvalue weighted by Gasteiger charge is 2.31. The van der Waals surface area contributed by atoms with Gasteiger partial charge in [0.05, 0.1) is 11.0 Å². The van der Waals surface area contributed by atoms with Gasteiger partial charge in [-0.3, -0.25) is 0 Å². The molecule has 0 aromatic rings. The van der Waals surface area contributed by atoms with Gasteiger partial charge in [0.2, 0.25) is 0 Å². The molecule has 1 aliphatic carbocycles. The Balaban J connectivity index is 1.80. The van der Waals surface area contributed by atoms with Gasteiger partial charge in [0.1, 0.15) is 0 Å². The zero-order valence-electron chi connectivity index (χ0n) is 12.6. The van der Waals surface area contributed by atoms with E-state index in [1.165, 1.54) is 19.3 Å². The Labute approximate surface area is 123 Å². The molecule has 2 rings (SSSR count). The van der Waals surface area contributed by atoms with E-state index in [-0.39, 0.29) is 5.25 Å². The fraction of sp³-hybridized carbons (Fsp3) is 1.00. The molecule has 2 atom stereocenters. The van der Waals surface area contributed by atoms with E-state index in [9.17, 15) is 8.42 Å². The molecule has 1 aliphatic heterocycles. The summed E-state index contributed by atoms with van der Waals surface area (Å²) in [7, 11) is -2.92. The summed E-state index contributed by atoms with van der Waals surface area (Å²) >= 11 is 0. The lowest BCUT2D eigenvalue weighted by Gasteiger charge is -2.24. The molecule has 0 aromatic heterocycles. The Hall–Kier alpha value is -0.130. The number of rotatable bonds is 7. The fourth-order valence-electron chi connectivity index (χ4n) is 3.50. The predicted octanol–water partition coefficient (Wildman–Crippen LogP) is 2.14. The van der Waals surface area contributed by atoms with Gasteiger partial charge in [-0.1, -0.05) is 13.3 Å². The summed E-state index contributed by atoms with van der Waals surface area (Å²) in [5, 5.41) is 3.43. The molecule has 5 heteroatoms. The van der Waals surface area contributed by atoms with Gasteiger partial charge in [-0.15, -0.1) is 0 Å². The van der Waals surface area contributed by atoms with Gasteiger partial charge in [0.15, 0.2) is 9.84 Å². The number of hydrogen-bond acceptors (Lipinski definition) is 4. The normalized spacial score (nSPS) is 28.9. The summed E-state index contributed by atoms with van der Waals surface area (Å²) in [6, 6.07) is 0.542. The van der Waals surface area contributed by atoms with Crippen LogP contribution in [0.5, 0.6) is 0 Å². The highest BCUT2D eigenvalue weighted by molar-refractivity contribution is 7.92. The first-order valence-corrected chi connectivity index (χ1v) is 9.87. The van der Waals surface area contributed by atoms with Crippen LogP contribution in [0, 0.1) is 5.92 Å². The van der Waals surface area contributed by atoms with E-state index in [0.29, 0.717) is 43.8 Å². The van der Waals surface area contributed by atoms with Crippen molar-refractivity contribution >= 4 is 9.84 Å². The van der Waals surface area contributed by atoms with Crippen LogP contribution in [0.2, 0.25) is 0 Å². The molecule has 1 saturated heterocycles. The third-order valence-corrected chi connectivity index (χ3v) is 7.06. The maximum Gasteiger partial charge on any atom is 0.153 e. The van der Waals surface area contributed by atoms with Crippen molar-refractivity contribution in [1.82, 2.24) is 5.32 Å². The predicted molar refractivity (Wildman–Crippen MR) is 81.7 cm³/mol. The van der Waals surface area contributed by atoms with Gasteiger partial charge in [-0.2, -0.15) is 0 Å². The lowest BCUT2D eigenvalue weighted by Crippen LogP contribution is -2.35. The summed E-state index contributed by atoms with van der Waals surface area (Å²) in [6.07, 6.45) is 6.98. The number of nitrogens with one attached hydrogen (secondary N) is 1. The Morgan fingerprint density at radius 1 is 1.15 bits per heavy atom. The van der Waals surface area contributed by atoms with Crippen LogP contribution in [-0.2, 0) is 14.6 Å². The van der Waals surface area contributed by atoms with E-state index < -0.39 is 9.84 Å². The number of ether oxygens (including phenoxy) is 1. The van der Waals surface area contributed by atoms with Gasteiger partial charge in [0, 0.05) is 19.3 Å². The lowest BCUT2D eigenvalue weighted by molar-refractivity contribution is 0.0983. The zero-order chi connectivity index (χ0) is 14.4. The molecule has 118 valence electrons. The van der Waals surface area contributed by atoms with Gasteiger partial charge < -0.3 is 10.1 Å².